The number of rotatable bonds is 3. The maximum absolute atomic E-state index is 12.7. The van der Waals surface area contributed by atoms with E-state index in [1.165, 1.54) is 5.56 Å². The van der Waals surface area contributed by atoms with Gasteiger partial charge in [-0.1, -0.05) is 48.5 Å². The highest BCUT2D eigenvalue weighted by Crippen LogP contribution is 2.47. The number of carbonyl (C=O) groups excluding carboxylic acids is 2. The lowest BCUT2D eigenvalue weighted by Gasteiger charge is -2.39. The summed E-state index contributed by atoms with van der Waals surface area (Å²) in [5.74, 6) is 0. The third-order valence-corrected chi connectivity index (χ3v) is 5.97. The molecular weight excluding hydrogens is 380 g/mol. The van der Waals surface area contributed by atoms with Gasteiger partial charge in [0.15, 0.2) is 0 Å². The molecule has 0 saturated carbocycles. The average molecular weight is 408 g/mol. The highest BCUT2D eigenvalue weighted by Gasteiger charge is 2.47. The number of nitrogens with zero attached hydrogens (tertiary/aromatic N) is 2. The Morgan fingerprint density at radius 3 is 2.33 bits per heavy atom. The Balaban J connectivity index is 1.42. The molecule has 0 aliphatic carbocycles. The van der Waals surface area contributed by atoms with Gasteiger partial charge in [-0.2, -0.15) is 0 Å². The van der Waals surface area contributed by atoms with Crippen LogP contribution < -0.4 is 4.90 Å². The molecule has 2 aromatic rings. The molecule has 0 N–H and O–H groups in total. The topological polar surface area (TPSA) is 59.1 Å². The second-order valence-electron chi connectivity index (χ2n) is 8.34. The summed E-state index contributed by atoms with van der Waals surface area (Å²) in [5.41, 5.74) is 2.91. The zero-order chi connectivity index (χ0) is 21.1. The molecule has 1 fully saturated rings. The van der Waals surface area contributed by atoms with Crippen LogP contribution in [0.15, 0.2) is 54.6 Å². The van der Waals surface area contributed by atoms with Crippen molar-refractivity contribution in [2.24, 2.45) is 0 Å². The van der Waals surface area contributed by atoms with E-state index in [9.17, 15) is 9.59 Å². The fourth-order valence-corrected chi connectivity index (χ4v) is 4.41. The van der Waals surface area contributed by atoms with Crippen molar-refractivity contribution in [3.63, 3.8) is 0 Å². The van der Waals surface area contributed by atoms with Gasteiger partial charge in [0, 0.05) is 25.0 Å². The van der Waals surface area contributed by atoms with Gasteiger partial charge in [-0.15, -0.1) is 0 Å². The van der Waals surface area contributed by atoms with E-state index in [4.69, 9.17) is 9.47 Å². The molecule has 1 spiro atoms. The van der Waals surface area contributed by atoms with E-state index >= 15 is 0 Å². The molecule has 0 aromatic heterocycles. The minimum absolute atomic E-state index is 0.150. The van der Waals surface area contributed by atoms with Crippen LogP contribution in [0.25, 0.3) is 0 Å². The molecule has 0 unspecified atom stereocenters. The van der Waals surface area contributed by atoms with Crippen LogP contribution in [0.1, 0.15) is 37.8 Å². The molecule has 4 rings (SSSR count). The van der Waals surface area contributed by atoms with Gasteiger partial charge in [0.05, 0.1) is 11.8 Å². The van der Waals surface area contributed by atoms with Gasteiger partial charge in [0.1, 0.15) is 6.61 Å². The summed E-state index contributed by atoms with van der Waals surface area (Å²) in [6.45, 7) is 5.79. The third-order valence-electron chi connectivity index (χ3n) is 5.97. The second kappa shape index (κ2) is 8.38. The van der Waals surface area contributed by atoms with Crippen molar-refractivity contribution in [1.29, 1.82) is 0 Å². The molecule has 2 aliphatic rings. The predicted molar refractivity (Wildman–Crippen MR) is 115 cm³/mol. The van der Waals surface area contributed by atoms with Crippen molar-refractivity contribution < 1.29 is 19.1 Å². The maximum atomic E-state index is 12.7. The molecule has 0 radical (unpaired) electrons. The molecule has 1 saturated heterocycles. The zero-order valence-corrected chi connectivity index (χ0v) is 17.5. The number of carbonyl (C=O) groups is 2. The molecule has 2 aliphatic heterocycles. The largest absolute Gasteiger partial charge is 0.446 e. The first-order valence-electron chi connectivity index (χ1n) is 10.5. The van der Waals surface area contributed by atoms with Gasteiger partial charge in [-0.25, -0.2) is 9.59 Å². The van der Waals surface area contributed by atoms with Crippen LogP contribution in [0.5, 0.6) is 0 Å². The Morgan fingerprint density at radius 2 is 1.63 bits per heavy atom. The SMILES string of the molecule is CC(C)OC(=O)N1CC2(CCN(C(=O)OCc3ccccc3)CC2)c2ccccc21. The Hall–Kier alpha value is -3.02. The monoisotopic (exact) mass is 408 g/mol. The van der Waals surface area contributed by atoms with E-state index in [1.54, 1.807) is 9.80 Å². The van der Waals surface area contributed by atoms with E-state index in [-0.39, 0.29) is 30.3 Å². The number of hydrogen-bond donors (Lipinski definition) is 0. The fraction of sp³-hybridized carbons (Fsp3) is 0.417. The van der Waals surface area contributed by atoms with Gasteiger partial charge in [0.25, 0.3) is 0 Å². The van der Waals surface area contributed by atoms with Gasteiger partial charge in [0.2, 0.25) is 0 Å². The number of fused-ring (bicyclic) bond motifs is 2. The number of anilines is 1. The minimum Gasteiger partial charge on any atom is -0.446 e. The summed E-state index contributed by atoms with van der Waals surface area (Å²) >= 11 is 0. The number of piperidine rings is 1. The molecular formula is C24H28N2O4. The number of hydrogen-bond acceptors (Lipinski definition) is 4. The van der Waals surface area contributed by atoms with Crippen molar-refractivity contribution >= 4 is 17.9 Å². The normalized spacial score (nSPS) is 17.2. The average Bonchev–Trinajstić information content (AvgIpc) is 3.07. The molecule has 6 heteroatoms. The summed E-state index contributed by atoms with van der Waals surface area (Å²) in [6.07, 6.45) is 0.823. The molecule has 2 amide bonds. The van der Waals surface area contributed by atoms with Crippen LogP contribution in [0.2, 0.25) is 0 Å². The lowest BCUT2D eigenvalue weighted by molar-refractivity contribution is 0.0781. The van der Waals surface area contributed by atoms with Crippen molar-refractivity contribution in [3.8, 4) is 0 Å². The highest BCUT2D eigenvalue weighted by atomic mass is 16.6. The summed E-state index contributed by atoms with van der Waals surface area (Å²) < 4.78 is 11.0. The molecule has 2 aromatic carbocycles. The predicted octanol–water partition coefficient (Wildman–Crippen LogP) is 4.72. The van der Waals surface area contributed by atoms with Crippen molar-refractivity contribution in [3.05, 3.63) is 65.7 Å². The molecule has 2 heterocycles. The first kappa shape index (κ1) is 20.3. The third kappa shape index (κ3) is 3.99. The van der Waals surface area contributed by atoms with Crippen molar-refractivity contribution in [2.75, 3.05) is 24.5 Å². The van der Waals surface area contributed by atoms with Crippen LogP contribution in [0.3, 0.4) is 0 Å². The van der Waals surface area contributed by atoms with Crippen LogP contribution >= 0.6 is 0 Å². The highest BCUT2D eigenvalue weighted by molar-refractivity contribution is 5.91. The first-order valence-corrected chi connectivity index (χ1v) is 10.5. The van der Waals surface area contributed by atoms with E-state index in [0.717, 1.165) is 24.1 Å². The molecule has 0 bridgehead atoms. The van der Waals surface area contributed by atoms with Crippen LogP contribution in [0, 0.1) is 0 Å². The molecule has 0 atom stereocenters. The Kier molecular flexibility index (Phi) is 5.66. The lowest BCUT2D eigenvalue weighted by atomic mass is 9.74. The van der Waals surface area contributed by atoms with E-state index in [1.807, 2.05) is 62.4 Å². The molecule has 6 nitrogen and oxygen atoms in total. The quantitative estimate of drug-likeness (QED) is 0.737. The number of likely N-dealkylation sites (tertiary alicyclic amines) is 1. The van der Waals surface area contributed by atoms with Crippen molar-refractivity contribution in [2.45, 2.75) is 44.8 Å². The van der Waals surface area contributed by atoms with E-state index in [0.29, 0.717) is 19.6 Å². The fourth-order valence-electron chi connectivity index (χ4n) is 4.41. The van der Waals surface area contributed by atoms with Gasteiger partial charge in [-0.05, 0) is 43.9 Å². The lowest BCUT2D eigenvalue weighted by Crippen LogP contribution is -2.48. The summed E-state index contributed by atoms with van der Waals surface area (Å²) in [5, 5.41) is 0. The molecule has 158 valence electrons. The Labute approximate surface area is 177 Å². The standard InChI is InChI=1S/C24H28N2O4/c1-18(2)30-23(28)26-17-24(20-10-6-7-11-21(20)26)12-14-25(15-13-24)22(27)29-16-19-8-4-3-5-9-19/h3-11,18H,12-17H2,1-2H3. The molecule has 30 heavy (non-hydrogen) atoms. The first-order chi connectivity index (χ1) is 14.5. The minimum atomic E-state index is -0.306. The van der Waals surface area contributed by atoms with Crippen LogP contribution in [-0.4, -0.2) is 42.8 Å². The van der Waals surface area contributed by atoms with Gasteiger partial charge < -0.3 is 14.4 Å². The van der Waals surface area contributed by atoms with Crippen LogP contribution in [-0.2, 0) is 21.5 Å². The summed E-state index contributed by atoms with van der Waals surface area (Å²) in [6, 6.07) is 17.7. The summed E-state index contributed by atoms with van der Waals surface area (Å²) in [4.78, 5) is 28.7. The van der Waals surface area contributed by atoms with Crippen molar-refractivity contribution in [1.82, 2.24) is 4.90 Å². The van der Waals surface area contributed by atoms with E-state index < -0.39 is 0 Å². The smallest absolute Gasteiger partial charge is 0.414 e. The van der Waals surface area contributed by atoms with Crippen LogP contribution in [0.4, 0.5) is 15.3 Å². The zero-order valence-electron chi connectivity index (χ0n) is 17.5. The van der Waals surface area contributed by atoms with Gasteiger partial charge in [-0.3, -0.25) is 4.90 Å². The summed E-state index contributed by atoms with van der Waals surface area (Å²) in [7, 11) is 0. The van der Waals surface area contributed by atoms with E-state index in [2.05, 4.69) is 6.07 Å². The number of ether oxygens (including phenoxy) is 2. The number of benzene rings is 2. The van der Waals surface area contributed by atoms with Gasteiger partial charge >= 0.3 is 12.2 Å². The number of amides is 2. The Bertz CT molecular complexity index is 904. The maximum Gasteiger partial charge on any atom is 0.414 e. The number of para-hydroxylation sites is 1. The Morgan fingerprint density at radius 1 is 0.967 bits per heavy atom. The second-order valence-corrected chi connectivity index (χ2v) is 8.34.